The lowest BCUT2D eigenvalue weighted by atomic mass is 9.93. The van der Waals surface area contributed by atoms with Gasteiger partial charge >= 0.3 is 0 Å². The summed E-state index contributed by atoms with van der Waals surface area (Å²) in [4.78, 5) is 13.8. The highest BCUT2D eigenvalue weighted by molar-refractivity contribution is 5.80. The van der Waals surface area contributed by atoms with Gasteiger partial charge in [0.25, 0.3) is 0 Å². The number of aromatic nitrogens is 2. The average Bonchev–Trinajstić information content (AvgIpc) is 3.37. The van der Waals surface area contributed by atoms with Gasteiger partial charge in [0.05, 0.1) is 19.5 Å². The predicted octanol–water partition coefficient (Wildman–Crippen LogP) is 3.26. The number of aliphatic imine (C=N–C) groups is 1. The molecular weight excluding hydrogens is 400 g/mol. The predicted molar refractivity (Wildman–Crippen MR) is 129 cm³/mol. The summed E-state index contributed by atoms with van der Waals surface area (Å²) in [6.45, 7) is 8.72. The van der Waals surface area contributed by atoms with Crippen molar-refractivity contribution in [2.45, 2.75) is 38.8 Å². The minimum absolute atomic E-state index is 0.450. The standard InChI is InChI=1S/C25H38N6O/c1-20-8-14-30(18-24(20)31-15-11-27-19-31)25(26-2)28-16-21-9-12-29(13-10-21)17-22-4-6-23(32-3)7-5-22/h4-7,11,15,19-21,24H,8-10,12-14,16-18H2,1-3H3,(H,26,28). The van der Waals surface area contributed by atoms with E-state index in [-0.39, 0.29) is 0 Å². The number of nitrogens with one attached hydrogen (secondary N) is 1. The first-order valence-corrected chi connectivity index (χ1v) is 11.9. The summed E-state index contributed by atoms with van der Waals surface area (Å²) in [6, 6.07) is 8.90. The van der Waals surface area contributed by atoms with Crippen molar-refractivity contribution in [2.24, 2.45) is 16.8 Å². The van der Waals surface area contributed by atoms with Crippen LogP contribution in [0.4, 0.5) is 0 Å². The molecule has 2 unspecified atom stereocenters. The van der Waals surface area contributed by atoms with E-state index in [1.807, 2.05) is 19.6 Å². The topological polar surface area (TPSA) is 57.9 Å². The van der Waals surface area contributed by atoms with Gasteiger partial charge in [-0.2, -0.15) is 0 Å². The van der Waals surface area contributed by atoms with Gasteiger partial charge in [0.15, 0.2) is 5.96 Å². The maximum atomic E-state index is 5.26. The van der Waals surface area contributed by atoms with Crippen LogP contribution in [0.5, 0.6) is 5.75 Å². The second-order valence-electron chi connectivity index (χ2n) is 9.28. The lowest BCUT2D eigenvalue weighted by molar-refractivity contribution is 0.173. The van der Waals surface area contributed by atoms with Crippen LogP contribution in [0.25, 0.3) is 0 Å². The summed E-state index contributed by atoms with van der Waals surface area (Å²) in [5.41, 5.74) is 1.36. The first-order chi connectivity index (χ1) is 15.7. The van der Waals surface area contributed by atoms with Crippen LogP contribution >= 0.6 is 0 Å². The summed E-state index contributed by atoms with van der Waals surface area (Å²) in [6.07, 6.45) is 9.54. The molecule has 3 heterocycles. The highest BCUT2D eigenvalue weighted by Crippen LogP contribution is 2.27. The molecule has 2 aliphatic heterocycles. The zero-order chi connectivity index (χ0) is 22.3. The first kappa shape index (κ1) is 22.6. The Morgan fingerprint density at radius 3 is 2.59 bits per heavy atom. The van der Waals surface area contributed by atoms with Crippen molar-refractivity contribution in [3.63, 3.8) is 0 Å². The van der Waals surface area contributed by atoms with E-state index in [4.69, 9.17) is 4.74 Å². The summed E-state index contributed by atoms with van der Waals surface area (Å²) in [5.74, 6) is 3.31. The van der Waals surface area contributed by atoms with Crippen molar-refractivity contribution in [2.75, 3.05) is 46.9 Å². The molecule has 0 radical (unpaired) electrons. The van der Waals surface area contributed by atoms with E-state index in [9.17, 15) is 0 Å². The molecule has 0 amide bonds. The third-order valence-corrected chi connectivity index (χ3v) is 7.16. The molecule has 2 aromatic rings. The van der Waals surface area contributed by atoms with E-state index in [0.717, 1.165) is 51.0 Å². The third-order valence-electron chi connectivity index (χ3n) is 7.16. The Labute approximate surface area is 192 Å². The number of hydrogen-bond acceptors (Lipinski definition) is 4. The molecule has 1 aromatic heterocycles. The Morgan fingerprint density at radius 1 is 1.16 bits per heavy atom. The number of methoxy groups -OCH3 is 1. The van der Waals surface area contributed by atoms with Gasteiger partial charge in [0.1, 0.15) is 5.75 Å². The van der Waals surface area contributed by atoms with E-state index in [1.54, 1.807) is 7.11 Å². The Kier molecular flexibility index (Phi) is 7.68. The number of hydrogen-bond donors (Lipinski definition) is 1. The molecule has 2 atom stereocenters. The van der Waals surface area contributed by atoms with Gasteiger partial charge < -0.3 is 19.5 Å². The molecule has 1 N–H and O–H groups in total. The van der Waals surface area contributed by atoms with E-state index in [0.29, 0.717) is 17.9 Å². The quantitative estimate of drug-likeness (QED) is 0.554. The van der Waals surface area contributed by atoms with E-state index < -0.39 is 0 Å². The highest BCUT2D eigenvalue weighted by atomic mass is 16.5. The van der Waals surface area contributed by atoms with Gasteiger partial charge in [-0.15, -0.1) is 0 Å². The minimum atomic E-state index is 0.450. The zero-order valence-electron chi connectivity index (χ0n) is 19.8. The smallest absolute Gasteiger partial charge is 0.193 e. The molecule has 1 aromatic carbocycles. The fraction of sp³-hybridized carbons (Fsp3) is 0.600. The lowest BCUT2D eigenvalue weighted by Crippen LogP contribution is -2.50. The number of likely N-dealkylation sites (tertiary alicyclic amines) is 2. The van der Waals surface area contributed by atoms with Crippen LogP contribution in [0.1, 0.15) is 37.8 Å². The Hall–Kier alpha value is -2.54. The van der Waals surface area contributed by atoms with Crippen molar-refractivity contribution in [3.8, 4) is 5.75 Å². The van der Waals surface area contributed by atoms with Gasteiger partial charge in [-0.05, 0) is 61.9 Å². The Balaban J connectivity index is 1.23. The normalized spacial score (nSPS) is 23.3. The van der Waals surface area contributed by atoms with Gasteiger partial charge in [-0.25, -0.2) is 4.98 Å². The van der Waals surface area contributed by atoms with E-state index in [1.165, 1.54) is 24.8 Å². The van der Waals surface area contributed by atoms with Crippen LogP contribution in [-0.2, 0) is 6.54 Å². The molecule has 4 rings (SSSR count). The fourth-order valence-corrected chi connectivity index (χ4v) is 5.00. The SMILES string of the molecule is CN=C(NCC1CCN(Cc2ccc(OC)cc2)CC1)N1CCC(C)C(n2ccnc2)C1. The largest absolute Gasteiger partial charge is 0.497 e. The van der Waals surface area contributed by atoms with Gasteiger partial charge in [-0.3, -0.25) is 9.89 Å². The van der Waals surface area contributed by atoms with Crippen LogP contribution in [0.15, 0.2) is 48.0 Å². The first-order valence-electron chi connectivity index (χ1n) is 11.9. The maximum absolute atomic E-state index is 5.26. The van der Waals surface area contributed by atoms with Gasteiger partial charge in [0, 0.05) is 45.6 Å². The van der Waals surface area contributed by atoms with Crippen molar-refractivity contribution >= 4 is 5.96 Å². The molecule has 32 heavy (non-hydrogen) atoms. The van der Waals surface area contributed by atoms with Crippen molar-refractivity contribution in [3.05, 3.63) is 48.5 Å². The second kappa shape index (κ2) is 10.9. The third kappa shape index (κ3) is 5.63. The average molecular weight is 439 g/mol. The number of benzene rings is 1. The summed E-state index contributed by atoms with van der Waals surface area (Å²) in [7, 11) is 3.62. The maximum Gasteiger partial charge on any atom is 0.193 e. The van der Waals surface area contributed by atoms with Crippen LogP contribution in [0.2, 0.25) is 0 Å². The van der Waals surface area contributed by atoms with E-state index >= 15 is 0 Å². The molecule has 2 aliphatic rings. The summed E-state index contributed by atoms with van der Waals surface area (Å²) in [5, 5.41) is 3.69. The number of imidazole rings is 1. The van der Waals surface area contributed by atoms with Crippen LogP contribution in [-0.4, -0.2) is 72.2 Å². The molecule has 174 valence electrons. The molecule has 0 aliphatic carbocycles. The molecule has 0 bridgehead atoms. The monoisotopic (exact) mass is 438 g/mol. The van der Waals surface area contributed by atoms with Crippen molar-refractivity contribution < 1.29 is 4.74 Å². The summed E-state index contributed by atoms with van der Waals surface area (Å²) < 4.78 is 7.52. The number of guanidine groups is 1. The second-order valence-corrected chi connectivity index (χ2v) is 9.28. The van der Waals surface area contributed by atoms with Crippen LogP contribution in [0, 0.1) is 11.8 Å². The molecule has 7 heteroatoms. The summed E-state index contributed by atoms with van der Waals surface area (Å²) >= 11 is 0. The molecule has 7 nitrogen and oxygen atoms in total. The number of piperidine rings is 2. The Bertz CT molecular complexity index is 842. The fourth-order valence-electron chi connectivity index (χ4n) is 5.00. The molecule has 2 fully saturated rings. The van der Waals surface area contributed by atoms with Crippen LogP contribution in [0.3, 0.4) is 0 Å². The zero-order valence-corrected chi connectivity index (χ0v) is 19.8. The van der Waals surface area contributed by atoms with E-state index in [2.05, 4.69) is 67.0 Å². The molecule has 0 spiro atoms. The number of rotatable bonds is 6. The van der Waals surface area contributed by atoms with Crippen molar-refractivity contribution in [1.82, 2.24) is 24.7 Å². The number of nitrogens with zero attached hydrogens (tertiary/aromatic N) is 5. The Morgan fingerprint density at radius 2 is 1.94 bits per heavy atom. The van der Waals surface area contributed by atoms with Gasteiger partial charge in [-0.1, -0.05) is 19.1 Å². The highest BCUT2D eigenvalue weighted by Gasteiger charge is 2.29. The van der Waals surface area contributed by atoms with Crippen LogP contribution < -0.4 is 10.1 Å². The number of ether oxygens (including phenoxy) is 1. The molecule has 0 saturated carbocycles. The lowest BCUT2D eigenvalue weighted by Gasteiger charge is -2.40. The minimum Gasteiger partial charge on any atom is -0.497 e. The van der Waals surface area contributed by atoms with Gasteiger partial charge in [0.2, 0.25) is 0 Å². The molecular formula is C25H38N6O. The van der Waals surface area contributed by atoms with Crippen molar-refractivity contribution in [1.29, 1.82) is 0 Å². The molecule has 2 saturated heterocycles.